The van der Waals surface area contributed by atoms with Crippen LogP contribution in [0.4, 0.5) is 0 Å². The Hall–Kier alpha value is -3.15. The van der Waals surface area contributed by atoms with E-state index in [1.54, 1.807) is 43.4 Å². The van der Waals surface area contributed by atoms with Gasteiger partial charge in [-0.25, -0.2) is 0 Å². The number of carbonyl (C=O) groups excluding carboxylic acids is 3. The largest absolute Gasteiger partial charge is 0.352 e. The molecule has 0 spiro atoms. The van der Waals surface area contributed by atoms with E-state index in [9.17, 15) is 14.4 Å². The maximum atomic E-state index is 13.0. The summed E-state index contributed by atoms with van der Waals surface area (Å²) in [5, 5.41) is 5.66. The van der Waals surface area contributed by atoms with Crippen molar-refractivity contribution in [3.8, 4) is 0 Å². The van der Waals surface area contributed by atoms with Gasteiger partial charge in [-0.05, 0) is 30.5 Å². The minimum absolute atomic E-state index is 0.0418. The molecule has 0 aliphatic heterocycles. The van der Waals surface area contributed by atoms with Crippen molar-refractivity contribution in [3.05, 3.63) is 71.8 Å². The highest BCUT2D eigenvalue weighted by Gasteiger charge is 2.29. The minimum Gasteiger partial charge on any atom is -0.352 e. The van der Waals surface area contributed by atoms with Gasteiger partial charge in [-0.15, -0.1) is 0 Å². The molecule has 2 aromatic carbocycles. The van der Waals surface area contributed by atoms with Gasteiger partial charge in [-0.1, -0.05) is 48.5 Å². The van der Waals surface area contributed by atoms with Gasteiger partial charge in [0.2, 0.25) is 11.8 Å². The number of amides is 3. The molecular weight excluding hydrogens is 342 g/mol. The van der Waals surface area contributed by atoms with Crippen LogP contribution in [0.5, 0.6) is 0 Å². The SMILES string of the molecule is CN(CC(=O)NC1CC1)C(=O)C(NC(=O)c1ccccc1)c1ccccc1. The van der Waals surface area contributed by atoms with Crippen LogP contribution < -0.4 is 10.6 Å². The molecule has 6 heteroatoms. The molecule has 1 aliphatic rings. The van der Waals surface area contributed by atoms with Crippen LogP contribution in [-0.2, 0) is 9.59 Å². The summed E-state index contributed by atoms with van der Waals surface area (Å²) < 4.78 is 0. The normalized spacial score (nSPS) is 14.1. The predicted octanol–water partition coefficient (Wildman–Crippen LogP) is 1.89. The van der Waals surface area contributed by atoms with E-state index in [0.29, 0.717) is 11.1 Å². The molecule has 2 aromatic rings. The summed E-state index contributed by atoms with van der Waals surface area (Å²) in [6.45, 7) is -0.0418. The first-order chi connectivity index (χ1) is 13.0. The van der Waals surface area contributed by atoms with Crippen molar-refractivity contribution in [1.29, 1.82) is 0 Å². The van der Waals surface area contributed by atoms with Crippen LogP contribution in [0, 0.1) is 0 Å². The van der Waals surface area contributed by atoms with Crippen molar-refractivity contribution in [1.82, 2.24) is 15.5 Å². The maximum absolute atomic E-state index is 13.0. The second kappa shape index (κ2) is 8.49. The lowest BCUT2D eigenvalue weighted by atomic mass is 10.0. The van der Waals surface area contributed by atoms with Gasteiger partial charge in [-0.3, -0.25) is 14.4 Å². The molecule has 27 heavy (non-hydrogen) atoms. The number of benzene rings is 2. The molecule has 2 N–H and O–H groups in total. The molecule has 6 nitrogen and oxygen atoms in total. The first kappa shape index (κ1) is 18.6. The number of nitrogens with one attached hydrogen (secondary N) is 2. The Kier molecular flexibility index (Phi) is 5.86. The van der Waals surface area contributed by atoms with Crippen LogP contribution in [0.15, 0.2) is 60.7 Å². The first-order valence-electron chi connectivity index (χ1n) is 9.00. The zero-order valence-electron chi connectivity index (χ0n) is 15.2. The Morgan fingerprint density at radius 3 is 2.19 bits per heavy atom. The van der Waals surface area contributed by atoms with E-state index in [0.717, 1.165) is 12.8 Å². The first-order valence-corrected chi connectivity index (χ1v) is 9.00. The number of likely N-dealkylation sites (N-methyl/N-ethyl adjacent to an activating group) is 1. The molecule has 1 atom stereocenters. The molecule has 1 saturated carbocycles. The molecular formula is C21H23N3O3. The van der Waals surface area contributed by atoms with Gasteiger partial charge in [0.1, 0.15) is 6.04 Å². The lowest BCUT2D eigenvalue weighted by Gasteiger charge is -2.24. The highest BCUT2D eigenvalue weighted by Crippen LogP contribution is 2.19. The molecule has 1 unspecified atom stereocenters. The Morgan fingerprint density at radius 1 is 1.00 bits per heavy atom. The Morgan fingerprint density at radius 2 is 1.59 bits per heavy atom. The van der Waals surface area contributed by atoms with Gasteiger partial charge in [0, 0.05) is 18.7 Å². The zero-order chi connectivity index (χ0) is 19.2. The van der Waals surface area contributed by atoms with Gasteiger partial charge in [-0.2, -0.15) is 0 Å². The van der Waals surface area contributed by atoms with E-state index in [1.807, 2.05) is 24.3 Å². The summed E-state index contributed by atoms with van der Waals surface area (Å²) in [5.41, 5.74) is 1.14. The molecule has 3 rings (SSSR count). The van der Waals surface area contributed by atoms with Crippen molar-refractivity contribution in [2.24, 2.45) is 0 Å². The van der Waals surface area contributed by atoms with Crippen LogP contribution in [0.1, 0.15) is 34.8 Å². The Bertz CT molecular complexity index is 804. The lowest BCUT2D eigenvalue weighted by molar-refractivity contribution is -0.136. The summed E-state index contributed by atoms with van der Waals surface area (Å²) in [6, 6.07) is 17.1. The smallest absolute Gasteiger partial charge is 0.252 e. The number of carbonyl (C=O) groups is 3. The molecule has 3 amide bonds. The van der Waals surface area contributed by atoms with E-state index in [1.165, 1.54) is 4.90 Å². The van der Waals surface area contributed by atoms with Crippen LogP contribution in [0.2, 0.25) is 0 Å². The minimum atomic E-state index is -0.863. The molecule has 0 aromatic heterocycles. The van der Waals surface area contributed by atoms with E-state index < -0.39 is 6.04 Å². The second-order valence-electron chi connectivity index (χ2n) is 6.72. The van der Waals surface area contributed by atoms with Gasteiger partial charge in [0.05, 0.1) is 6.54 Å². The maximum Gasteiger partial charge on any atom is 0.252 e. The van der Waals surface area contributed by atoms with Crippen molar-refractivity contribution in [2.75, 3.05) is 13.6 Å². The number of rotatable bonds is 7. The van der Waals surface area contributed by atoms with Crippen LogP contribution in [0.25, 0.3) is 0 Å². The van der Waals surface area contributed by atoms with Crippen molar-refractivity contribution in [3.63, 3.8) is 0 Å². The summed E-state index contributed by atoms with van der Waals surface area (Å²) in [5.74, 6) is -0.861. The summed E-state index contributed by atoms with van der Waals surface area (Å²) in [4.78, 5) is 38.9. The van der Waals surface area contributed by atoms with E-state index in [-0.39, 0.29) is 30.3 Å². The standard InChI is InChI=1S/C21H23N3O3/c1-24(14-18(25)22-17-12-13-17)21(27)19(15-8-4-2-5-9-15)23-20(26)16-10-6-3-7-11-16/h2-11,17,19H,12-14H2,1H3,(H,22,25)(H,23,26). The van der Waals surface area contributed by atoms with Crippen LogP contribution >= 0.6 is 0 Å². The topological polar surface area (TPSA) is 78.5 Å². The third kappa shape index (κ3) is 5.17. The van der Waals surface area contributed by atoms with Crippen molar-refractivity contribution in [2.45, 2.75) is 24.9 Å². The van der Waals surface area contributed by atoms with Crippen molar-refractivity contribution < 1.29 is 14.4 Å². The van der Waals surface area contributed by atoms with Gasteiger partial charge < -0.3 is 15.5 Å². The van der Waals surface area contributed by atoms with Crippen LogP contribution in [0.3, 0.4) is 0 Å². The van der Waals surface area contributed by atoms with E-state index >= 15 is 0 Å². The quantitative estimate of drug-likeness (QED) is 0.787. The van der Waals surface area contributed by atoms with Gasteiger partial charge in [0.15, 0.2) is 0 Å². The molecule has 0 saturated heterocycles. The van der Waals surface area contributed by atoms with E-state index in [2.05, 4.69) is 10.6 Å². The average molecular weight is 365 g/mol. The fraction of sp³-hybridized carbons (Fsp3) is 0.286. The molecule has 0 bridgehead atoms. The van der Waals surface area contributed by atoms with Gasteiger partial charge in [0.25, 0.3) is 5.91 Å². The third-order valence-corrected chi connectivity index (χ3v) is 4.39. The highest BCUT2D eigenvalue weighted by atomic mass is 16.2. The third-order valence-electron chi connectivity index (χ3n) is 4.39. The number of nitrogens with zero attached hydrogens (tertiary/aromatic N) is 1. The molecule has 0 radical (unpaired) electrons. The summed E-state index contributed by atoms with van der Waals surface area (Å²) >= 11 is 0. The molecule has 140 valence electrons. The fourth-order valence-corrected chi connectivity index (χ4v) is 2.75. The van der Waals surface area contributed by atoms with E-state index in [4.69, 9.17) is 0 Å². The average Bonchev–Trinajstić information content (AvgIpc) is 3.50. The molecule has 0 heterocycles. The van der Waals surface area contributed by atoms with Crippen molar-refractivity contribution >= 4 is 17.7 Å². The summed E-state index contributed by atoms with van der Waals surface area (Å²) in [6.07, 6.45) is 1.98. The number of hydrogen-bond donors (Lipinski definition) is 2. The highest BCUT2D eigenvalue weighted by molar-refractivity contribution is 5.98. The molecule has 1 aliphatic carbocycles. The zero-order valence-corrected chi connectivity index (χ0v) is 15.2. The second-order valence-corrected chi connectivity index (χ2v) is 6.72. The molecule has 1 fully saturated rings. The Balaban J connectivity index is 1.73. The van der Waals surface area contributed by atoms with Gasteiger partial charge >= 0.3 is 0 Å². The Labute approximate surface area is 158 Å². The monoisotopic (exact) mass is 365 g/mol. The fourth-order valence-electron chi connectivity index (χ4n) is 2.75. The summed E-state index contributed by atoms with van der Waals surface area (Å²) in [7, 11) is 1.57. The predicted molar refractivity (Wildman–Crippen MR) is 102 cm³/mol. The number of hydrogen-bond acceptors (Lipinski definition) is 3. The lowest BCUT2D eigenvalue weighted by Crippen LogP contribution is -2.45. The van der Waals surface area contributed by atoms with Crippen LogP contribution in [-0.4, -0.2) is 42.3 Å².